The summed E-state index contributed by atoms with van der Waals surface area (Å²) in [6, 6.07) is 4.98. The molecule has 4 aliphatic heterocycles. The van der Waals surface area contributed by atoms with Crippen molar-refractivity contribution >= 4 is 65.0 Å². The number of aromatic hydroxyl groups is 1. The molecule has 4 aromatic rings. The van der Waals surface area contributed by atoms with E-state index in [2.05, 4.69) is 56.4 Å². The number of benzene rings is 3. The fourth-order valence-corrected chi connectivity index (χ4v) is 13.9. The Bertz CT molecular complexity index is 3370. The third-order valence-electron chi connectivity index (χ3n) is 18.5. The molecular formula is C67H95N11O22S2. The van der Waals surface area contributed by atoms with Crippen molar-refractivity contribution in [1.82, 2.24) is 56.8 Å². The Kier molecular flexibility index (Phi) is 31.2. The Labute approximate surface area is 597 Å². The number of aromatic nitrogens is 2. The number of amides is 7. The first-order valence-corrected chi connectivity index (χ1v) is 35.7. The number of rotatable bonds is 30. The molecule has 0 spiro atoms. The zero-order valence-electron chi connectivity index (χ0n) is 57.0. The van der Waals surface area contributed by atoms with E-state index in [9.17, 15) is 74.7 Å². The fourth-order valence-electron chi connectivity index (χ4n) is 12.8. The number of likely N-dealkylation sites (tertiary alicyclic amines) is 1. The highest BCUT2D eigenvalue weighted by Gasteiger charge is 2.50. The molecule has 3 aromatic carbocycles. The number of unbranched alkanes of at least 4 members (excludes halogenated alkanes) is 5. The van der Waals surface area contributed by atoms with Gasteiger partial charge in [0.2, 0.25) is 35.4 Å². The Morgan fingerprint density at radius 1 is 0.745 bits per heavy atom. The maximum atomic E-state index is 15.0. The number of ether oxygens (including phenoxy) is 2. The van der Waals surface area contributed by atoms with Crippen LogP contribution in [0.4, 0.5) is 0 Å². The summed E-state index contributed by atoms with van der Waals surface area (Å²) in [5.74, 6) is -8.87. The molecule has 4 saturated heterocycles. The van der Waals surface area contributed by atoms with Crippen molar-refractivity contribution in [3.63, 3.8) is 0 Å². The number of phenolic OH excluding ortho intramolecular Hbond substituents is 1. The molecule has 7 amide bonds. The number of nitrogens with zero attached hydrogens (tertiary/aromatic N) is 5. The molecule has 0 aliphatic carbocycles. The molecule has 0 bridgehead atoms. The summed E-state index contributed by atoms with van der Waals surface area (Å²) in [5.41, 5.74) is 1.51. The quantitative estimate of drug-likeness (QED) is 0.0130. The van der Waals surface area contributed by atoms with Crippen LogP contribution in [-0.4, -0.2) is 275 Å². The van der Waals surface area contributed by atoms with Crippen LogP contribution in [0.5, 0.6) is 17.2 Å². The van der Waals surface area contributed by atoms with Gasteiger partial charge in [0.25, 0.3) is 18.2 Å². The lowest BCUT2D eigenvalue weighted by molar-refractivity contribution is -0.433. The topological polar surface area (TPSA) is 476 Å². The van der Waals surface area contributed by atoms with Gasteiger partial charge in [-0.1, -0.05) is 71.5 Å². The number of carbonyl (C=O) groups is 7. The van der Waals surface area contributed by atoms with Gasteiger partial charge >= 0.3 is 0 Å². The maximum absolute atomic E-state index is 15.0. The van der Waals surface area contributed by atoms with Gasteiger partial charge in [-0.05, 0) is 106 Å². The zero-order chi connectivity index (χ0) is 73.6. The van der Waals surface area contributed by atoms with E-state index in [-0.39, 0.29) is 48.4 Å². The highest BCUT2D eigenvalue weighted by molar-refractivity contribution is 7.90. The van der Waals surface area contributed by atoms with Crippen LogP contribution in [0.2, 0.25) is 0 Å². The zero-order valence-corrected chi connectivity index (χ0v) is 58.6. The van der Waals surface area contributed by atoms with Gasteiger partial charge in [0.05, 0.1) is 55.9 Å². The summed E-state index contributed by atoms with van der Waals surface area (Å²) in [7, 11) is 1.74. The number of β-amino-alcohol motifs (C(OH)–C–C–N with tert-alkyl or cyclic N) is 1. The molecule has 16 N–H and O–H groups in total. The average Bonchev–Trinajstić information content (AvgIpc) is 1.63. The van der Waals surface area contributed by atoms with Crippen LogP contribution in [0.1, 0.15) is 100 Å². The smallest absolute Gasteiger partial charge is 0.261 e. The van der Waals surface area contributed by atoms with E-state index in [1.807, 2.05) is 24.3 Å². The number of hydrogen-bond donors (Lipinski definition) is 16. The molecule has 4 aliphatic rings. The van der Waals surface area contributed by atoms with Gasteiger partial charge in [-0.3, -0.25) is 33.6 Å². The lowest BCUT2D eigenvalue weighted by Gasteiger charge is -2.34. The highest BCUT2D eigenvalue weighted by Crippen LogP contribution is 2.34. The minimum absolute atomic E-state index is 0.0105. The van der Waals surface area contributed by atoms with Crippen molar-refractivity contribution in [3.8, 4) is 38.4 Å². The number of methoxy groups -OCH3 is 1. The second-order valence-corrected chi connectivity index (χ2v) is 27.6. The van der Waals surface area contributed by atoms with E-state index in [1.165, 1.54) is 68.6 Å². The average molecular weight is 1470 g/mol. The SMILES string of the molecule is COCCCCCCCCN1CCC(Oc2ccc(-c3nnc(-c4ccc(C(=O)NC5C[C@@H](O)CNC(=O)[C@@H]6[C@@H](O)[C@@H](C)CN6C(=O)[C@H]([C@H](O)CCNC(CO)CO)NC(=O)[C@H]([C@H](O)Cc6ccc(O)c(OSOOO)c6)NC(=O)[C@@H]6C[C@@H](O)CN6C(=O)[C@H]([C@@H](C)O)NC5=O)cc4)s3)cc2)CC1. The second kappa shape index (κ2) is 39.5. The summed E-state index contributed by atoms with van der Waals surface area (Å²) in [6.07, 6.45) is -3.47. The summed E-state index contributed by atoms with van der Waals surface area (Å²) in [5, 5.41) is 136. The van der Waals surface area contributed by atoms with Crippen molar-refractivity contribution < 1.29 is 108 Å². The molecule has 0 radical (unpaired) electrons. The van der Waals surface area contributed by atoms with Crippen molar-refractivity contribution in [1.29, 1.82) is 0 Å². The van der Waals surface area contributed by atoms with Gasteiger partial charge in [0.1, 0.15) is 58.1 Å². The Hall–Kier alpha value is -7.30. The molecule has 33 nitrogen and oxygen atoms in total. The minimum Gasteiger partial charge on any atom is -0.504 e. The molecular weight excluding hydrogens is 1370 g/mol. The molecule has 13 atom stereocenters. The number of piperidine rings is 1. The number of fused-ring (bicyclic) bond motifs is 2. The number of carbonyl (C=O) groups excluding carboxylic acids is 7. The number of phenols is 1. The van der Waals surface area contributed by atoms with Crippen molar-refractivity contribution in [2.45, 2.75) is 176 Å². The van der Waals surface area contributed by atoms with Crippen molar-refractivity contribution in [2.24, 2.45) is 5.92 Å². The monoisotopic (exact) mass is 1470 g/mol. The number of aliphatic hydroxyl groups is 8. The van der Waals surface area contributed by atoms with Crippen molar-refractivity contribution in [3.05, 3.63) is 77.9 Å². The molecule has 562 valence electrons. The van der Waals surface area contributed by atoms with Crippen LogP contribution < -0.4 is 40.8 Å². The largest absolute Gasteiger partial charge is 0.504 e. The number of nitrogens with one attached hydrogen (secondary N) is 6. The molecule has 1 unspecified atom stereocenters. The van der Waals surface area contributed by atoms with Crippen LogP contribution >= 0.6 is 23.7 Å². The van der Waals surface area contributed by atoms with E-state index in [4.69, 9.17) is 18.9 Å². The van der Waals surface area contributed by atoms with E-state index < -0.39 is 184 Å². The first-order chi connectivity index (χ1) is 49.0. The maximum Gasteiger partial charge on any atom is 0.261 e. The molecule has 102 heavy (non-hydrogen) atoms. The van der Waals surface area contributed by atoms with Gasteiger partial charge in [-0.25, -0.2) is 5.26 Å². The number of hydrogen-bond acceptors (Lipinski definition) is 28. The van der Waals surface area contributed by atoms with E-state index in [0.29, 0.717) is 15.6 Å². The first-order valence-electron chi connectivity index (χ1n) is 34.2. The van der Waals surface area contributed by atoms with Crippen LogP contribution in [0.25, 0.3) is 21.1 Å². The molecule has 5 heterocycles. The normalized spacial score (nSPS) is 24.8. The van der Waals surface area contributed by atoms with Crippen LogP contribution in [0.15, 0.2) is 66.7 Å². The highest BCUT2D eigenvalue weighted by atomic mass is 32.2. The molecule has 8 rings (SSSR count). The summed E-state index contributed by atoms with van der Waals surface area (Å²) < 4.78 is 20.9. The molecule has 1 aromatic heterocycles. The second-order valence-electron chi connectivity index (χ2n) is 26.2. The van der Waals surface area contributed by atoms with Crippen LogP contribution in [0, 0.1) is 5.92 Å². The summed E-state index contributed by atoms with van der Waals surface area (Å²) in [4.78, 5) is 107. The molecule has 0 saturated carbocycles. The molecule has 4 fully saturated rings. The lowest BCUT2D eigenvalue weighted by atomic mass is 9.98. The van der Waals surface area contributed by atoms with Gasteiger partial charge in [-0.2, -0.15) is 0 Å². The van der Waals surface area contributed by atoms with Gasteiger partial charge in [-0.15, -0.1) is 10.2 Å². The predicted octanol–water partition coefficient (Wildman–Crippen LogP) is -0.947. The fraction of sp³-hybridized carbons (Fsp3) is 0.597. The molecule has 35 heteroatoms. The van der Waals surface area contributed by atoms with Crippen LogP contribution in [-0.2, 0) is 49.3 Å². The first kappa shape index (κ1) is 80.4. The Morgan fingerprint density at radius 3 is 2.04 bits per heavy atom. The van der Waals surface area contributed by atoms with E-state index in [1.54, 1.807) is 19.2 Å². The predicted molar refractivity (Wildman–Crippen MR) is 367 cm³/mol. The van der Waals surface area contributed by atoms with Crippen molar-refractivity contribution in [2.75, 3.05) is 72.7 Å². The summed E-state index contributed by atoms with van der Waals surface area (Å²) in [6.45, 7) is 3.57. The lowest BCUT2D eigenvalue weighted by Crippen LogP contribution is -2.64. The van der Waals surface area contributed by atoms with E-state index in [0.717, 1.165) is 85.7 Å². The van der Waals surface area contributed by atoms with E-state index >= 15 is 4.79 Å². The van der Waals surface area contributed by atoms with Gasteiger partial charge in [0.15, 0.2) is 11.5 Å². The summed E-state index contributed by atoms with van der Waals surface area (Å²) >= 11 is 1.37. The van der Waals surface area contributed by atoms with Crippen LogP contribution in [0.3, 0.4) is 0 Å². The number of aliphatic hydroxyl groups excluding tert-OH is 8. The third-order valence-corrected chi connectivity index (χ3v) is 19.9. The Morgan fingerprint density at radius 2 is 1.38 bits per heavy atom. The van der Waals surface area contributed by atoms with Gasteiger partial charge < -0.3 is 106 Å². The van der Waals surface area contributed by atoms with Gasteiger partial charge in [0, 0.05) is 88.3 Å². The Balaban J connectivity index is 1.01. The third kappa shape index (κ3) is 22.4. The standard InChI is InChI=1S/C67H95N11O22S2/c1-37-33-78-57(58(37)87)63(92)69-32-44(82)30-48(70-59(88)40-11-13-41(14-12-40)64-74-75-65(101-64)42-15-17-46(18-16-42)97-47-21-25-76(26-22-47)24-8-6-4-5-7-9-27-96-3)60(89)71-54(38(2)81)66(93)77-34-45(83)31-49(77)61(90)72-55(52(86)28-39-10-19-50(84)53(29-39)98-102-100-99-95)62(91)73-56(67(78)94)51(85)20-23-68-43(35-79)36-80/h10-19,29,37-38,43-45,47-49,51-52,54-58,68,79-87,95H,4-9,20-28,30-36H2,1-3H3,(H,69,92)(H,70,88)(H,71,89)(H,72,90)(H,73,91)/t37-,38+,44+,45+,48?,49-,51+,52+,54-,55-,56-,57-,58-/m0/s1. The minimum atomic E-state index is -2.16.